The molecule has 0 unspecified atom stereocenters. The van der Waals surface area contributed by atoms with Gasteiger partial charge >= 0.3 is 0 Å². The van der Waals surface area contributed by atoms with Crippen LogP contribution in [-0.2, 0) is 0 Å². The molecule has 96 valence electrons. The van der Waals surface area contributed by atoms with Crippen molar-refractivity contribution < 1.29 is 4.52 Å². The summed E-state index contributed by atoms with van der Waals surface area (Å²) in [6.45, 7) is 0. The van der Waals surface area contributed by atoms with E-state index in [4.69, 9.17) is 33.5 Å². The minimum Gasteiger partial charge on any atom is -0.380 e. The molecule has 7 heteroatoms. The standard InChI is InChI=1S/C12H8Cl2N4O/c13-6-2-1-3-7(14)9(6)10-11(19-18-12(10)15)8-4-5-16-17-8/h1-5H,(H2,15,18)(H,16,17). The molecule has 0 saturated carbocycles. The number of anilines is 1. The van der Waals surface area contributed by atoms with E-state index in [9.17, 15) is 0 Å². The number of benzene rings is 1. The van der Waals surface area contributed by atoms with Crippen LogP contribution in [0.3, 0.4) is 0 Å². The first-order valence-corrected chi connectivity index (χ1v) is 6.13. The fraction of sp³-hybridized carbons (Fsp3) is 0. The monoisotopic (exact) mass is 294 g/mol. The van der Waals surface area contributed by atoms with Crippen LogP contribution in [-0.4, -0.2) is 15.4 Å². The van der Waals surface area contributed by atoms with Crippen LogP contribution in [0.2, 0.25) is 10.0 Å². The average molecular weight is 295 g/mol. The lowest BCUT2D eigenvalue weighted by atomic mass is 10.0. The predicted molar refractivity (Wildman–Crippen MR) is 74.0 cm³/mol. The van der Waals surface area contributed by atoms with Gasteiger partial charge in [0.2, 0.25) is 0 Å². The number of hydrogen-bond donors (Lipinski definition) is 2. The first kappa shape index (κ1) is 12.1. The van der Waals surface area contributed by atoms with Crippen molar-refractivity contribution in [2.75, 3.05) is 5.73 Å². The zero-order valence-electron chi connectivity index (χ0n) is 9.52. The molecule has 2 heterocycles. The highest BCUT2D eigenvalue weighted by Crippen LogP contribution is 2.42. The third-order valence-electron chi connectivity index (χ3n) is 2.68. The fourth-order valence-corrected chi connectivity index (χ4v) is 2.43. The summed E-state index contributed by atoms with van der Waals surface area (Å²) in [4.78, 5) is 0. The van der Waals surface area contributed by atoms with Crippen molar-refractivity contribution in [3.05, 3.63) is 40.5 Å². The maximum Gasteiger partial charge on any atom is 0.194 e. The third-order valence-corrected chi connectivity index (χ3v) is 3.31. The molecule has 19 heavy (non-hydrogen) atoms. The fourth-order valence-electron chi connectivity index (χ4n) is 1.85. The van der Waals surface area contributed by atoms with Gasteiger partial charge in [0.25, 0.3) is 0 Å². The Bertz CT molecular complexity index is 701. The van der Waals surface area contributed by atoms with E-state index in [1.165, 1.54) is 0 Å². The van der Waals surface area contributed by atoms with Gasteiger partial charge in [0.15, 0.2) is 11.6 Å². The zero-order valence-corrected chi connectivity index (χ0v) is 11.0. The third kappa shape index (κ3) is 1.97. The van der Waals surface area contributed by atoms with Gasteiger partial charge in [-0.2, -0.15) is 5.10 Å². The highest BCUT2D eigenvalue weighted by Gasteiger charge is 2.22. The normalized spacial score (nSPS) is 10.8. The lowest BCUT2D eigenvalue weighted by Crippen LogP contribution is -1.90. The van der Waals surface area contributed by atoms with E-state index in [-0.39, 0.29) is 5.82 Å². The Morgan fingerprint density at radius 2 is 1.84 bits per heavy atom. The topological polar surface area (TPSA) is 80.7 Å². The van der Waals surface area contributed by atoms with Crippen LogP contribution in [0.4, 0.5) is 5.82 Å². The number of rotatable bonds is 2. The summed E-state index contributed by atoms with van der Waals surface area (Å²) in [6.07, 6.45) is 1.60. The number of H-pyrrole nitrogens is 1. The highest BCUT2D eigenvalue weighted by molar-refractivity contribution is 6.39. The smallest absolute Gasteiger partial charge is 0.194 e. The first-order chi connectivity index (χ1) is 9.18. The van der Waals surface area contributed by atoms with E-state index < -0.39 is 0 Å². The van der Waals surface area contributed by atoms with Gasteiger partial charge in [0, 0.05) is 11.8 Å². The Kier molecular flexibility index (Phi) is 2.93. The van der Waals surface area contributed by atoms with Gasteiger partial charge in [-0.25, -0.2) is 0 Å². The summed E-state index contributed by atoms with van der Waals surface area (Å²) >= 11 is 12.4. The van der Waals surface area contributed by atoms with Crippen LogP contribution in [0.5, 0.6) is 0 Å². The van der Waals surface area contributed by atoms with Gasteiger partial charge in [0.1, 0.15) is 5.69 Å². The number of nitrogens with one attached hydrogen (secondary N) is 1. The lowest BCUT2D eigenvalue weighted by Gasteiger charge is -2.06. The van der Waals surface area contributed by atoms with Gasteiger partial charge in [-0.05, 0) is 18.2 Å². The van der Waals surface area contributed by atoms with Crippen LogP contribution in [0.1, 0.15) is 0 Å². The SMILES string of the molecule is Nc1noc(-c2ccn[nH]2)c1-c1c(Cl)cccc1Cl. The van der Waals surface area contributed by atoms with Crippen molar-refractivity contribution in [2.24, 2.45) is 0 Å². The number of aromatic nitrogens is 3. The Hall–Kier alpha value is -1.98. The van der Waals surface area contributed by atoms with Crippen molar-refractivity contribution in [1.29, 1.82) is 0 Å². The molecule has 0 aliphatic heterocycles. The average Bonchev–Trinajstić information content (AvgIpc) is 2.99. The number of aromatic amines is 1. The molecule has 0 spiro atoms. The van der Waals surface area contributed by atoms with E-state index in [1.807, 2.05) is 0 Å². The van der Waals surface area contributed by atoms with Crippen LogP contribution < -0.4 is 5.73 Å². The zero-order chi connectivity index (χ0) is 13.4. The van der Waals surface area contributed by atoms with E-state index >= 15 is 0 Å². The second-order valence-corrected chi connectivity index (χ2v) is 4.65. The van der Waals surface area contributed by atoms with Gasteiger partial charge in [-0.1, -0.05) is 34.4 Å². The van der Waals surface area contributed by atoms with Gasteiger partial charge in [-0.15, -0.1) is 0 Å². The van der Waals surface area contributed by atoms with Crippen molar-refractivity contribution in [3.8, 4) is 22.6 Å². The van der Waals surface area contributed by atoms with E-state index in [1.54, 1.807) is 30.5 Å². The van der Waals surface area contributed by atoms with Crippen molar-refractivity contribution in [2.45, 2.75) is 0 Å². The molecule has 3 rings (SSSR count). The summed E-state index contributed by atoms with van der Waals surface area (Å²) in [5.41, 5.74) is 7.66. The Labute approximate surface area is 118 Å². The van der Waals surface area contributed by atoms with Crippen LogP contribution >= 0.6 is 23.2 Å². The number of nitrogens with two attached hydrogens (primary N) is 1. The summed E-state index contributed by atoms with van der Waals surface area (Å²) < 4.78 is 5.24. The van der Waals surface area contributed by atoms with E-state index in [0.717, 1.165) is 0 Å². The second-order valence-electron chi connectivity index (χ2n) is 3.84. The molecule has 0 fully saturated rings. The van der Waals surface area contributed by atoms with E-state index in [0.29, 0.717) is 32.6 Å². The van der Waals surface area contributed by atoms with Crippen molar-refractivity contribution in [1.82, 2.24) is 15.4 Å². The predicted octanol–water partition coefficient (Wildman–Crippen LogP) is 3.62. The van der Waals surface area contributed by atoms with Gasteiger partial charge < -0.3 is 10.3 Å². The highest BCUT2D eigenvalue weighted by atomic mass is 35.5. The number of hydrogen-bond acceptors (Lipinski definition) is 4. The second kappa shape index (κ2) is 4.60. The molecule has 0 saturated heterocycles. The number of halogens is 2. The minimum atomic E-state index is 0.222. The van der Waals surface area contributed by atoms with Crippen molar-refractivity contribution in [3.63, 3.8) is 0 Å². The Morgan fingerprint density at radius 1 is 1.11 bits per heavy atom. The van der Waals surface area contributed by atoms with Gasteiger partial charge in [0.05, 0.1) is 15.6 Å². The molecule has 0 aliphatic rings. The van der Waals surface area contributed by atoms with Crippen LogP contribution in [0.25, 0.3) is 22.6 Å². The van der Waals surface area contributed by atoms with Gasteiger partial charge in [-0.3, -0.25) is 5.10 Å². The van der Waals surface area contributed by atoms with E-state index in [2.05, 4.69) is 15.4 Å². The molecular formula is C12H8Cl2N4O. The van der Waals surface area contributed by atoms with Crippen molar-refractivity contribution >= 4 is 29.0 Å². The molecule has 0 radical (unpaired) electrons. The maximum absolute atomic E-state index is 6.19. The summed E-state index contributed by atoms with van der Waals surface area (Å²) in [6, 6.07) is 6.96. The minimum absolute atomic E-state index is 0.222. The molecule has 0 atom stereocenters. The summed E-state index contributed by atoms with van der Waals surface area (Å²) in [7, 11) is 0. The molecule has 0 aliphatic carbocycles. The largest absolute Gasteiger partial charge is 0.380 e. The Morgan fingerprint density at radius 3 is 2.47 bits per heavy atom. The molecule has 0 bridgehead atoms. The Balaban J connectivity index is 2.29. The quantitative estimate of drug-likeness (QED) is 0.756. The lowest BCUT2D eigenvalue weighted by molar-refractivity contribution is 0.435. The molecular weight excluding hydrogens is 287 g/mol. The molecule has 3 N–H and O–H groups in total. The number of nitrogens with zero attached hydrogens (tertiary/aromatic N) is 2. The summed E-state index contributed by atoms with van der Waals surface area (Å²) in [5.74, 6) is 0.671. The van der Waals surface area contributed by atoms with Crippen LogP contribution in [0, 0.1) is 0 Å². The molecule has 3 aromatic rings. The molecule has 1 aromatic carbocycles. The first-order valence-electron chi connectivity index (χ1n) is 5.37. The van der Waals surface area contributed by atoms with Crippen LogP contribution in [0.15, 0.2) is 35.0 Å². The molecule has 5 nitrogen and oxygen atoms in total. The maximum atomic E-state index is 6.19. The number of nitrogen functional groups attached to an aromatic ring is 1. The molecule has 0 amide bonds. The molecule has 2 aromatic heterocycles. The summed E-state index contributed by atoms with van der Waals surface area (Å²) in [5, 5.41) is 11.4.